The largest absolute Gasteiger partial charge is 0.242 e. The first-order valence-electron chi connectivity index (χ1n) is 22.4. The minimum absolute atomic E-state index is 0.174. The maximum absolute atomic E-state index is 2.52. The van der Waals surface area contributed by atoms with Crippen molar-refractivity contribution in [2.24, 2.45) is 11.8 Å². The average Bonchev–Trinajstić information content (AvgIpc) is 3.60. The molecule has 1 heterocycles. The molecular weight excluding hydrogens is 740 g/mol. The summed E-state index contributed by atoms with van der Waals surface area (Å²) in [6, 6.07) is 54.6. The summed E-state index contributed by atoms with van der Waals surface area (Å²) in [4.78, 5) is 0. The van der Waals surface area contributed by atoms with E-state index in [0.717, 1.165) is 11.8 Å². The first-order valence-corrected chi connectivity index (χ1v) is 23.3. The topological polar surface area (TPSA) is 0 Å². The third-order valence-corrected chi connectivity index (χ3v) is 16.5. The summed E-state index contributed by atoms with van der Waals surface area (Å²) in [5.74, 6) is 1.63. The summed E-state index contributed by atoms with van der Waals surface area (Å²) in [6.45, 7) is 13.8. The Morgan fingerprint density at radius 3 is 1.48 bits per heavy atom. The fourth-order valence-electron chi connectivity index (χ4n) is 13.5. The van der Waals surface area contributed by atoms with Gasteiger partial charge in [0.15, 0.2) is 0 Å². The van der Waals surface area contributed by atoms with E-state index in [2.05, 4.69) is 181 Å². The van der Waals surface area contributed by atoms with Gasteiger partial charge in [0.1, 0.15) is 0 Å². The minimum atomic E-state index is 0.174. The molecule has 0 amide bonds. The van der Waals surface area contributed by atoms with Crippen molar-refractivity contribution in [3.05, 3.63) is 184 Å². The van der Waals surface area contributed by atoms with Gasteiger partial charge >= 0.3 is 0 Å². The summed E-state index contributed by atoms with van der Waals surface area (Å²) in [5, 5.41) is 2.75. The minimum Gasteiger partial charge on any atom is -0.135 e. The fraction of sp³-hybridized carbons (Fsp3) is 0.276. The third-order valence-electron chi connectivity index (χ3n) is 15.4. The van der Waals surface area contributed by atoms with Gasteiger partial charge in [-0.25, -0.2) is 0 Å². The van der Waals surface area contributed by atoms with E-state index in [1.165, 1.54) is 131 Å². The predicted molar refractivity (Wildman–Crippen MR) is 261 cm³/mol. The van der Waals surface area contributed by atoms with Crippen molar-refractivity contribution in [3.8, 4) is 22.3 Å². The van der Waals surface area contributed by atoms with Crippen molar-refractivity contribution in [2.45, 2.75) is 90.9 Å². The van der Waals surface area contributed by atoms with Crippen LogP contribution in [0.4, 0.5) is 0 Å². The molecule has 4 aliphatic rings. The van der Waals surface area contributed by atoms with E-state index in [1.54, 1.807) is 11.1 Å². The first kappa shape index (κ1) is 37.8. The molecule has 4 bridgehead atoms. The van der Waals surface area contributed by atoms with Crippen molar-refractivity contribution >= 4 is 54.6 Å². The second kappa shape index (κ2) is 14.2. The van der Waals surface area contributed by atoms with Crippen LogP contribution in [0.5, 0.6) is 0 Å². The molecule has 4 fully saturated rings. The highest BCUT2D eigenvalue weighted by atomic mass is 32.1. The van der Waals surface area contributed by atoms with Crippen molar-refractivity contribution in [1.29, 1.82) is 0 Å². The highest BCUT2D eigenvalue weighted by molar-refractivity contribution is 7.25. The zero-order chi connectivity index (χ0) is 40.9. The molecule has 0 radical (unpaired) electrons. The zero-order valence-electron chi connectivity index (χ0n) is 36.2. The Hall–Kier alpha value is -5.18. The van der Waals surface area contributed by atoms with Gasteiger partial charge in [0.2, 0.25) is 6.71 Å². The summed E-state index contributed by atoms with van der Waals surface area (Å²) >= 11 is 1.90. The number of thiophene rings is 1. The number of hydrogen-bond acceptors (Lipinski definition) is 1. The van der Waals surface area contributed by atoms with Crippen LogP contribution < -0.4 is 16.4 Å². The molecule has 0 aliphatic heterocycles. The van der Waals surface area contributed by atoms with Gasteiger partial charge in [0.25, 0.3) is 0 Å². The Bertz CT molecular complexity index is 2840. The van der Waals surface area contributed by atoms with Gasteiger partial charge in [0.05, 0.1) is 0 Å². The van der Waals surface area contributed by atoms with Crippen LogP contribution in [0.25, 0.3) is 42.4 Å². The van der Waals surface area contributed by atoms with E-state index in [1.807, 2.05) is 11.3 Å². The molecular formula is C58H55BS. The maximum atomic E-state index is 2.52. The molecule has 12 rings (SSSR count). The average molecular weight is 795 g/mol. The Labute approximate surface area is 361 Å². The van der Waals surface area contributed by atoms with Crippen molar-refractivity contribution in [2.75, 3.05) is 0 Å². The highest BCUT2D eigenvalue weighted by Gasteiger charge is 2.58. The highest BCUT2D eigenvalue weighted by Crippen LogP contribution is 2.66. The van der Waals surface area contributed by atoms with Crippen LogP contribution in [-0.4, -0.2) is 6.71 Å². The van der Waals surface area contributed by atoms with Crippen molar-refractivity contribution in [1.82, 2.24) is 0 Å². The van der Waals surface area contributed by atoms with Crippen LogP contribution in [0.1, 0.15) is 83.0 Å². The third kappa shape index (κ3) is 6.24. The lowest BCUT2D eigenvalue weighted by molar-refractivity contribution is -0.0281. The number of aryl methyl sites for hydroxylation is 6. The van der Waals surface area contributed by atoms with Gasteiger partial charge in [-0.15, -0.1) is 11.3 Å². The standard InChI is InChI=1S/C58H55BS/c1-36-24-38(3)55(39(4)25-36)59(56-40(5)26-37(2)27-41(56)6)50-11-9-10-46(29-50)44-14-19-48(20-15-44)57-31-42-28-43(32-57)34-58(33-42,35-57)49-21-16-45(17-22-49)47-18-23-54-52(30-47)51-12-7-8-13-53(51)60-54/h7-27,29-30,42-43H,28,31-35H2,1-6H3. The second-order valence-electron chi connectivity index (χ2n) is 19.7. The van der Waals surface area contributed by atoms with Crippen LogP contribution in [0.2, 0.25) is 0 Å². The van der Waals surface area contributed by atoms with E-state index >= 15 is 0 Å². The van der Waals surface area contributed by atoms with Gasteiger partial charge in [-0.2, -0.15) is 0 Å². The lowest BCUT2D eigenvalue weighted by atomic mass is 9.34. The molecule has 2 atom stereocenters. The first-order chi connectivity index (χ1) is 29.0. The molecule has 7 aromatic carbocycles. The number of fused-ring (bicyclic) bond motifs is 3. The van der Waals surface area contributed by atoms with E-state index < -0.39 is 0 Å². The predicted octanol–water partition coefficient (Wildman–Crippen LogP) is 13.5. The zero-order valence-corrected chi connectivity index (χ0v) is 37.0. The van der Waals surface area contributed by atoms with E-state index in [0.29, 0.717) is 0 Å². The van der Waals surface area contributed by atoms with Crippen LogP contribution in [0.15, 0.2) is 140 Å². The monoisotopic (exact) mass is 794 g/mol. The Morgan fingerprint density at radius 2 is 0.933 bits per heavy atom. The molecule has 2 unspecified atom stereocenters. The van der Waals surface area contributed by atoms with Crippen molar-refractivity contribution in [3.63, 3.8) is 0 Å². The Morgan fingerprint density at radius 1 is 0.450 bits per heavy atom. The summed E-state index contributed by atoms with van der Waals surface area (Å²) in [5.41, 5.74) is 21.4. The smallest absolute Gasteiger partial charge is 0.135 e. The second-order valence-corrected chi connectivity index (χ2v) is 20.8. The van der Waals surface area contributed by atoms with Crippen LogP contribution >= 0.6 is 11.3 Å². The SMILES string of the molecule is Cc1cc(C)c(B(c2cccc(-c3ccc(C45CC6CC(C4)CC(c4ccc(-c7ccc8sc9ccccc9c8c7)cc4)(C6)C5)cc3)c2)c2c(C)cc(C)cc2C)c(C)c1. The summed E-state index contributed by atoms with van der Waals surface area (Å²) in [7, 11) is 0. The van der Waals surface area contributed by atoms with Crippen molar-refractivity contribution < 1.29 is 0 Å². The van der Waals surface area contributed by atoms with Crippen LogP contribution in [0, 0.1) is 53.4 Å². The maximum Gasteiger partial charge on any atom is 0.242 e. The van der Waals surface area contributed by atoms with E-state index in [9.17, 15) is 0 Å². The Kier molecular flexibility index (Phi) is 8.95. The number of hydrogen-bond donors (Lipinski definition) is 0. The molecule has 0 spiro atoms. The quantitative estimate of drug-likeness (QED) is 0.141. The molecule has 2 heteroatoms. The van der Waals surface area contributed by atoms with Crippen LogP contribution in [-0.2, 0) is 10.8 Å². The molecule has 60 heavy (non-hydrogen) atoms. The number of rotatable bonds is 7. The van der Waals surface area contributed by atoms with E-state index in [4.69, 9.17) is 0 Å². The Balaban J connectivity index is 0.904. The molecule has 296 valence electrons. The summed E-state index contributed by atoms with van der Waals surface area (Å²) < 4.78 is 2.74. The van der Waals surface area contributed by atoms with Gasteiger partial charge in [-0.3, -0.25) is 0 Å². The van der Waals surface area contributed by atoms with Gasteiger partial charge in [-0.05, 0) is 154 Å². The lowest BCUT2D eigenvalue weighted by Gasteiger charge is -2.63. The molecule has 1 aromatic heterocycles. The number of benzene rings is 7. The van der Waals surface area contributed by atoms with Gasteiger partial charge in [0, 0.05) is 20.2 Å². The molecule has 4 aliphatic carbocycles. The molecule has 4 saturated carbocycles. The lowest BCUT2D eigenvalue weighted by Crippen LogP contribution is -2.56. The fourth-order valence-corrected chi connectivity index (χ4v) is 14.6. The van der Waals surface area contributed by atoms with E-state index in [-0.39, 0.29) is 17.5 Å². The molecule has 8 aromatic rings. The van der Waals surface area contributed by atoms with Crippen LogP contribution in [0.3, 0.4) is 0 Å². The molecule has 0 nitrogen and oxygen atoms in total. The van der Waals surface area contributed by atoms with Gasteiger partial charge in [-0.1, -0.05) is 171 Å². The van der Waals surface area contributed by atoms with Gasteiger partial charge < -0.3 is 0 Å². The summed E-state index contributed by atoms with van der Waals surface area (Å²) in [6.07, 6.45) is 8.09. The molecule has 0 saturated heterocycles. The molecule has 0 N–H and O–H groups in total. The normalized spacial score (nSPS) is 21.9.